The number of hydrogen-bond acceptors (Lipinski definition) is 3. The fraction of sp³-hybridized carbons (Fsp3) is 0.0714. The van der Waals surface area contributed by atoms with Gasteiger partial charge in [0, 0.05) is 25.3 Å². The second kappa shape index (κ2) is 6.65. The molecule has 3 N–H and O–H groups in total. The Labute approximate surface area is 137 Å². The largest absolute Gasteiger partial charge is 0.478 e. The van der Waals surface area contributed by atoms with Crippen molar-refractivity contribution in [3.05, 3.63) is 56.5 Å². The first-order chi connectivity index (χ1) is 9.47. The van der Waals surface area contributed by atoms with Crippen LogP contribution in [0.1, 0.15) is 15.9 Å². The minimum atomic E-state index is -0.930. The van der Waals surface area contributed by atoms with Crippen LogP contribution in [0.3, 0.4) is 0 Å². The second-order valence-corrected chi connectivity index (χ2v) is 6.87. The van der Waals surface area contributed by atoms with Gasteiger partial charge in [-0.1, -0.05) is 37.9 Å². The zero-order chi connectivity index (χ0) is 14.7. The zero-order valence-electron chi connectivity index (χ0n) is 10.3. The lowest BCUT2D eigenvalue weighted by Gasteiger charge is -2.08. The van der Waals surface area contributed by atoms with Crippen LogP contribution in [-0.4, -0.2) is 11.1 Å². The van der Waals surface area contributed by atoms with Crippen LogP contribution in [0.4, 0.5) is 5.69 Å². The third-order valence-corrected chi connectivity index (χ3v) is 5.01. The number of aromatic carboxylic acids is 1. The number of hydrogen-bond donors (Lipinski definition) is 2. The van der Waals surface area contributed by atoms with Gasteiger partial charge < -0.3 is 10.8 Å². The summed E-state index contributed by atoms with van der Waals surface area (Å²) in [4.78, 5) is 11.9. The van der Waals surface area contributed by atoms with Crippen molar-refractivity contribution < 1.29 is 9.90 Å². The minimum absolute atomic E-state index is 0.271. The summed E-state index contributed by atoms with van der Waals surface area (Å²) in [6.45, 7) is 0. The summed E-state index contributed by atoms with van der Waals surface area (Å²) in [7, 11) is 0. The average Bonchev–Trinajstić information content (AvgIpc) is 2.40. The summed E-state index contributed by atoms with van der Waals surface area (Å²) >= 11 is 8.43. The van der Waals surface area contributed by atoms with Gasteiger partial charge in [-0.25, -0.2) is 4.79 Å². The molecule has 6 heteroatoms. The van der Waals surface area contributed by atoms with Crippen molar-refractivity contribution in [2.45, 2.75) is 10.6 Å². The average molecular weight is 417 g/mol. The number of anilines is 1. The molecule has 0 bridgehead atoms. The van der Waals surface area contributed by atoms with E-state index in [1.165, 1.54) is 0 Å². The third-order valence-electron chi connectivity index (χ3n) is 2.66. The summed E-state index contributed by atoms with van der Waals surface area (Å²) in [6, 6.07) is 10.8. The van der Waals surface area contributed by atoms with Crippen molar-refractivity contribution in [2.75, 3.05) is 5.73 Å². The van der Waals surface area contributed by atoms with Crippen LogP contribution < -0.4 is 5.73 Å². The van der Waals surface area contributed by atoms with E-state index in [1.807, 2.05) is 24.3 Å². The minimum Gasteiger partial charge on any atom is -0.478 e. The van der Waals surface area contributed by atoms with E-state index >= 15 is 0 Å². The standard InChI is InChI=1S/C14H11Br2NO2S/c15-10-3-4-12(17)13(6-10)20-7-9-2-1-8(14(18)19)5-11(9)16/h1-6H,7,17H2,(H,18,19). The monoisotopic (exact) mass is 415 g/mol. The Morgan fingerprint density at radius 1 is 1.20 bits per heavy atom. The summed E-state index contributed by atoms with van der Waals surface area (Å²) in [5.41, 5.74) is 7.96. The Morgan fingerprint density at radius 3 is 2.60 bits per heavy atom. The highest BCUT2D eigenvalue weighted by atomic mass is 79.9. The third kappa shape index (κ3) is 3.77. The normalized spacial score (nSPS) is 10.5. The molecule has 0 aromatic heterocycles. The Hall–Kier alpha value is -0.980. The number of thioether (sulfide) groups is 1. The van der Waals surface area contributed by atoms with Crippen molar-refractivity contribution in [2.24, 2.45) is 0 Å². The van der Waals surface area contributed by atoms with Gasteiger partial charge in [-0.15, -0.1) is 11.8 Å². The van der Waals surface area contributed by atoms with Gasteiger partial charge in [0.1, 0.15) is 0 Å². The Kier molecular flexibility index (Phi) is 5.12. The van der Waals surface area contributed by atoms with E-state index in [-0.39, 0.29) is 5.56 Å². The Morgan fingerprint density at radius 2 is 1.95 bits per heavy atom. The molecule has 2 aromatic rings. The predicted octanol–water partition coefficient (Wildman–Crippen LogP) is 4.78. The fourth-order valence-electron chi connectivity index (χ4n) is 1.59. The highest BCUT2D eigenvalue weighted by Crippen LogP contribution is 2.32. The van der Waals surface area contributed by atoms with Crippen molar-refractivity contribution in [1.29, 1.82) is 0 Å². The van der Waals surface area contributed by atoms with Crippen LogP contribution in [0.5, 0.6) is 0 Å². The fourth-order valence-corrected chi connectivity index (χ4v) is 3.81. The molecule has 0 aliphatic carbocycles. The first kappa shape index (κ1) is 15.4. The number of rotatable bonds is 4. The van der Waals surface area contributed by atoms with Crippen molar-refractivity contribution in [1.82, 2.24) is 0 Å². The quantitative estimate of drug-likeness (QED) is 0.555. The Bertz CT molecular complexity index is 662. The molecule has 0 unspecified atom stereocenters. The number of carboxylic acid groups (broad SMARTS) is 1. The van der Waals surface area contributed by atoms with E-state index in [2.05, 4.69) is 31.9 Å². The number of benzene rings is 2. The molecule has 0 radical (unpaired) electrons. The maximum Gasteiger partial charge on any atom is 0.335 e. The second-order valence-electron chi connectivity index (χ2n) is 4.08. The summed E-state index contributed by atoms with van der Waals surface area (Å²) < 4.78 is 1.77. The van der Waals surface area contributed by atoms with Crippen LogP contribution >= 0.6 is 43.6 Å². The van der Waals surface area contributed by atoms with Crippen LogP contribution in [-0.2, 0) is 5.75 Å². The van der Waals surface area contributed by atoms with Crippen LogP contribution in [0.2, 0.25) is 0 Å². The molecule has 0 heterocycles. The van der Waals surface area contributed by atoms with Crippen LogP contribution in [0.25, 0.3) is 0 Å². The number of nitrogen functional groups attached to an aromatic ring is 1. The smallest absolute Gasteiger partial charge is 0.335 e. The first-order valence-electron chi connectivity index (χ1n) is 5.67. The number of halogens is 2. The maximum absolute atomic E-state index is 10.9. The van der Waals surface area contributed by atoms with Gasteiger partial charge in [0.15, 0.2) is 0 Å². The molecule has 0 saturated heterocycles. The van der Waals surface area contributed by atoms with Crippen molar-refractivity contribution >= 4 is 55.3 Å². The molecule has 0 aliphatic heterocycles. The van der Waals surface area contributed by atoms with Gasteiger partial charge in [0.25, 0.3) is 0 Å². The molecule has 0 atom stereocenters. The van der Waals surface area contributed by atoms with E-state index in [4.69, 9.17) is 10.8 Å². The van der Waals surface area contributed by atoms with Crippen molar-refractivity contribution in [3.8, 4) is 0 Å². The van der Waals surface area contributed by atoms with Crippen molar-refractivity contribution in [3.63, 3.8) is 0 Å². The lowest BCUT2D eigenvalue weighted by molar-refractivity contribution is 0.0697. The summed E-state index contributed by atoms with van der Waals surface area (Å²) in [6.07, 6.45) is 0. The van der Waals surface area contributed by atoms with Gasteiger partial charge in [0.05, 0.1) is 5.56 Å². The molecule has 2 rings (SSSR count). The van der Waals surface area contributed by atoms with Crippen LogP contribution in [0.15, 0.2) is 50.2 Å². The van der Waals surface area contributed by atoms with Gasteiger partial charge in [-0.3, -0.25) is 0 Å². The van der Waals surface area contributed by atoms with E-state index in [9.17, 15) is 4.79 Å². The van der Waals surface area contributed by atoms with E-state index in [1.54, 1.807) is 23.9 Å². The molecule has 0 aliphatic rings. The maximum atomic E-state index is 10.9. The van der Waals surface area contributed by atoms with Gasteiger partial charge in [-0.2, -0.15) is 0 Å². The number of nitrogens with two attached hydrogens (primary N) is 1. The summed E-state index contributed by atoms with van der Waals surface area (Å²) in [5, 5.41) is 8.93. The molecule has 3 nitrogen and oxygen atoms in total. The molecule has 0 saturated carbocycles. The number of carbonyl (C=O) groups is 1. The lowest BCUT2D eigenvalue weighted by Crippen LogP contribution is -1.97. The summed E-state index contributed by atoms with van der Waals surface area (Å²) in [5.74, 6) is -0.220. The first-order valence-corrected chi connectivity index (χ1v) is 8.24. The predicted molar refractivity (Wildman–Crippen MR) is 89.2 cm³/mol. The Balaban J connectivity index is 2.15. The van der Waals surface area contributed by atoms with E-state index in [0.29, 0.717) is 5.75 Å². The molecule has 0 fully saturated rings. The van der Waals surface area contributed by atoms with E-state index in [0.717, 1.165) is 25.1 Å². The molecule has 0 amide bonds. The molecule has 104 valence electrons. The molecular weight excluding hydrogens is 406 g/mol. The highest BCUT2D eigenvalue weighted by molar-refractivity contribution is 9.10. The molecule has 0 spiro atoms. The highest BCUT2D eigenvalue weighted by Gasteiger charge is 2.08. The number of carboxylic acids is 1. The van der Waals surface area contributed by atoms with E-state index < -0.39 is 5.97 Å². The topological polar surface area (TPSA) is 63.3 Å². The van der Waals surface area contributed by atoms with Gasteiger partial charge >= 0.3 is 5.97 Å². The molecule has 2 aromatic carbocycles. The molecular formula is C14H11Br2NO2S. The molecule has 20 heavy (non-hydrogen) atoms. The lowest BCUT2D eigenvalue weighted by atomic mass is 10.1. The van der Waals surface area contributed by atoms with Gasteiger partial charge in [-0.05, 0) is 35.9 Å². The van der Waals surface area contributed by atoms with Gasteiger partial charge in [0.2, 0.25) is 0 Å². The SMILES string of the molecule is Nc1ccc(Br)cc1SCc1ccc(C(=O)O)cc1Br. The zero-order valence-corrected chi connectivity index (χ0v) is 14.3. The van der Waals surface area contributed by atoms with Crippen LogP contribution in [0, 0.1) is 0 Å².